The van der Waals surface area contributed by atoms with Crippen molar-refractivity contribution >= 4 is 11.6 Å². The number of benzene rings is 1. The number of nitrogens with one attached hydrogen (secondary N) is 1. The zero-order valence-electron chi connectivity index (χ0n) is 11.9. The van der Waals surface area contributed by atoms with Crippen LogP contribution >= 0.6 is 0 Å². The zero-order chi connectivity index (χ0) is 16.0. The predicted molar refractivity (Wildman–Crippen MR) is 73.2 cm³/mol. The quantitative estimate of drug-likeness (QED) is 0.884. The fraction of sp³-hybridized carbons (Fsp3) is 0.467. The van der Waals surface area contributed by atoms with E-state index in [1.165, 1.54) is 12.1 Å². The minimum Gasteiger partial charge on any atom is -0.325 e. The van der Waals surface area contributed by atoms with Crippen molar-refractivity contribution in [2.45, 2.75) is 32.9 Å². The molecule has 0 aromatic heterocycles. The van der Waals surface area contributed by atoms with Gasteiger partial charge in [0, 0.05) is 5.69 Å². The molecule has 1 rings (SSSR count). The Morgan fingerprint density at radius 3 is 2.62 bits per heavy atom. The summed E-state index contributed by atoms with van der Waals surface area (Å²) < 4.78 is 37.8. The molecule has 1 aromatic rings. The second kappa shape index (κ2) is 7.11. The number of nitrogens with zero attached hydrogens (tertiary/aromatic N) is 1. The van der Waals surface area contributed by atoms with Gasteiger partial charge in [-0.15, -0.1) is 0 Å². The minimum absolute atomic E-state index is 0.0405. The highest BCUT2D eigenvalue weighted by atomic mass is 19.4. The molecule has 6 heteroatoms. The minimum atomic E-state index is -4.47. The van der Waals surface area contributed by atoms with Gasteiger partial charge in [0.05, 0.1) is 11.6 Å². The fourth-order valence-corrected chi connectivity index (χ4v) is 2.06. The molecule has 0 spiro atoms. The van der Waals surface area contributed by atoms with Crippen LogP contribution in [0.4, 0.5) is 18.9 Å². The van der Waals surface area contributed by atoms with Gasteiger partial charge in [0.1, 0.15) is 5.92 Å². The number of hydrogen-bond acceptors (Lipinski definition) is 2. The second-order valence-corrected chi connectivity index (χ2v) is 4.94. The predicted octanol–water partition coefficient (Wildman–Crippen LogP) is 4.22. The summed E-state index contributed by atoms with van der Waals surface area (Å²) >= 11 is 0. The lowest BCUT2D eigenvalue weighted by molar-refractivity contribution is -0.137. The molecule has 0 saturated carbocycles. The molecule has 0 aliphatic carbocycles. The number of alkyl halides is 3. The standard InChI is InChI=1S/C15H17F3N2O/c1-3-5-10(2)13(9-19)14(21)20-12-7-4-6-11(8-12)15(16,17)18/h4,6-8,10,13H,3,5H2,1-2H3,(H,20,21). The summed E-state index contributed by atoms with van der Waals surface area (Å²) in [5.41, 5.74) is -0.797. The van der Waals surface area contributed by atoms with Crippen LogP contribution < -0.4 is 5.32 Å². The maximum atomic E-state index is 12.6. The van der Waals surface area contributed by atoms with Crippen molar-refractivity contribution < 1.29 is 18.0 Å². The zero-order valence-corrected chi connectivity index (χ0v) is 11.9. The number of carbonyl (C=O) groups excluding carboxylic acids is 1. The Hall–Kier alpha value is -2.03. The van der Waals surface area contributed by atoms with E-state index in [-0.39, 0.29) is 11.6 Å². The maximum absolute atomic E-state index is 12.6. The molecule has 0 aliphatic heterocycles. The average Bonchev–Trinajstić information content (AvgIpc) is 2.39. The van der Waals surface area contributed by atoms with E-state index in [1.54, 1.807) is 6.92 Å². The molecule has 0 bridgehead atoms. The Kier molecular flexibility index (Phi) is 5.77. The van der Waals surface area contributed by atoms with E-state index in [0.717, 1.165) is 18.6 Å². The molecule has 3 nitrogen and oxygen atoms in total. The number of rotatable bonds is 5. The van der Waals surface area contributed by atoms with Crippen LogP contribution in [0, 0.1) is 23.2 Å². The monoisotopic (exact) mass is 298 g/mol. The summed E-state index contributed by atoms with van der Waals surface area (Å²) in [6.07, 6.45) is -2.94. The molecular formula is C15H17F3N2O. The second-order valence-electron chi connectivity index (χ2n) is 4.94. The highest BCUT2D eigenvalue weighted by molar-refractivity contribution is 5.94. The highest BCUT2D eigenvalue weighted by Crippen LogP contribution is 2.31. The highest BCUT2D eigenvalue weighted by Gasteiger charge is 2.31. The molecule has 0 heterocycles. The summed E-state index contributed by atoms with van der Waals surface area (Å²) in [5.74, 6) is -1.59. The summed E-state index contributed by atoms with van der Waals surface area (Å²) in [6.45, 7) is 3.72. The summed E-state index contributed by atoms with van der Waals surface area (Å²) in [7, 11) is 0. The van der Waals surface area contributed by atoms with Crippen LogP contribution in [0.2, 0.25) is 0 Å². The molecule has 114 valence electrons. The van der Waals surface area contributed by atoms with E-state index in [2.05, 4.69) is 5.32 Å². The molecule has 0 fully saturated rings. The van der Waals surface area contributed by atoms with Crippen molar-refractivity contribution in [3.8, 4) is 6.07 Å². The van der Waals surface area contributed by atoms with Gasteiger partial charge in [0.25, 0.3) is 0 Å². The maximum Gasteiger partial charge on any atom is 0.416 e. The van der Waals surface area contributed by atoms with E-state index in [1.807, 2.05) is 13.0 Å². The lowest BCUT2D eigenvalue weighted by atomic mass is 9.90. The molecule has 0 radical (unpaired) electrons. The molecule has 1 aromatic carbocycles. The lowest BCUT2D eigenvalue weighted by Crippen LogP contribution is -2.27. The van der Waals surface area contributed by atoms with Crippen LogP contribution in [0.15, 0.2) is 24.3 Å². The molecule has 2 unspecified atom stereocenters. The SMILES string of the molecule is CCCC(C)C(C#N)C(=O)Nc1cccc(C(F)(F)F)c1. The first kappa shape index (κ1) is 17.0. The van der Waals surface area contributed by atoms with Gasteiger partial charge in [0.15, 0.2) is 0 Å². The van der Waals surface area contributed by atoms with Crippen molar-refractivity contribution in [2.75, 3.05) is 5.32 Å². The first-order valence-electron chi connectivity index (χ1n) is 6.67. The van der Waals surface area contributed by atoms with Gasteiger partial charge < -0.3 is 5.32 Å². The Bertz CT molecular complexity index is 534. The molecule has 0 aliphatic rings. The van der Waals surface area contributed by atoms with Crippen molar-refractivity contribution in [3.63, 3.8) is 0 Å². The number of hydrogen-bond donors (Lipinski definition) is 1. The third-order valence-electron chi connectivity index (χ3n) is 3.19. The van der Waals surface area contributed by atoms with Gasteiger partial charge >= 0.3 is 6.18 Å². The molecular weight excluding hydrogens is 281 g/mol. The topological polar surface area (TPSA) is 52.9 Å². The van der Waals surface area contributed by atoms with Crippen LogP contribution in [0.1, 0.15) is 32.3 Å². The number of halogens is 3. The molecule has 1 N–H and O–H groups in total. The van der Waals surface area contributed by atoms with Crippen LogP contribution in [0.3, 0.4) is 0 Å². The Labute approximate surface area is 121 Å². The van der Waals surface area contributed by atoms with Crippen molar-refractivity contribution in [1.82, 2.24) is 0 Å². The van der Waals surface area contributed by atoms with E-state index in [0.29, 0.717) is 6.42 Å². The lowest BCUT2D eigenvalue weighted by Gasteiger charge is -2.17. The summed E-state index contributed by atoms with van der Waals surface area (Å²) in [5, 5.41) is 11.4. The molecule has 21 heavy (non-hydrogen) atoms. The molecule has 2 atom stereocenters. The Morgan fingerprint density at radius 1 is 1.43 bits per heavy atom. The van der Waals surface area contributed by atoms with Crippen LogP contribution in [0.25, 0.3) is 0 Å². The van der Waals surface area contributed by atoms with Crippen molar-refractivity contribution in [3.05, 3.63) is 29.8 Å². The summed E-state index contributed by atoms with van der Waals surface area (Å²) in [6, 6.07) is 6.29. The van der Waals surface area contributed by atoms with Gasteiger partial charge in [-0.05, 0) is 30.5 Å². The Morgan fingerprint density at radius 2 is 2.10 bits per heavy atom. The molecule has 0 saturated heterocycles. The Balaban J connectivity index is 2.86. The van der Waals surface area contributed by atoms with Crippen molar-refractivity contribution in [2.24, 2.45) is 11.8 Å². The first-order valence-corrected chi connectivity index (χ1v) is 6.67. The first-order chi connectivity index (χ1) is 9.79. The number of anilines is 1. The van der Waals surface area contributed by atoms with E-state index >= 15 is 0 Å². The van der Waals surface area contributed by atoms with E-state index < -0.39 is 23.6 Å². The van der Waals surface area contributed by atoms with Gasteiger partial charge in [-0.25, -0.2) is 0 Å². The van der Waals surface area contributed by atoms with Crippen LogP contribution in [-0.4, -0.2) is 5.91 Å². The third-order valence-corrected chi connectivity index (χ3v) is 3.19. The van der Waals surface area contributed by atoms with E-state index in [9.17, 15) is 18.0 Å². The molecule has 1 amide bonds. The third kappa shape index (κ3) is 4.78. The fourth-order valence-electron chi connectivity index (χ4n) is 2.06. The van der Waals surface area contributed by atoms with Gasteiger partial charge in [-0.2, -0.15) is 18.4 Å². The average molecular weight is 298 g/mol. The normalized spacial score (nSPS) is 14.1. The van der Waals surface area contributed by atoms with Crippen LogP contribution in [0.5, 0.6) is 0 Å². The van der Waals surface area contributed by atoms with Gasteiger partial charge in [-0.1, -0.05) is 26.3 Å². The number of nitriles is 1. The number of amides is 1. The summed E-state index contributed by atoms with van der Waals surface area (Å²) in [4.78, 5) is 12.0. The largest absolute Gasteiger partial charge is 0.416 e. The van der Waals surface area contributed by atoms with E-state index in [4.69, 9.17) is 5.26 Å². The smallest absolute Gasteiger partial charge is 0.325 e. The van der Waals surface area contributed by atoms with Crippen LogP contribution in [-0.2, 0) is 11.0 Å². The number of carbonyl (C=O) groups is 1. The van der Waals surface area contributed by atoms with Gasteiger partial charge in [-0.3, -0.25) is 4.79 Å². The van der Waals surface area contributed by atoms with Crippen molar-refractivity contribution in [1.29, 1.82) is 5.26 Å². The van der Waals surface area contributed by atoms with Gasteiger partial charge in [0.2, 0.25) is 5.91 Å².